The number of hydrogen-bond donors (Lipinski definition) is 0. The Morgan fingerprint density at radius 3 is 1.80 bits per heavy atom. The Kier molecular flexibility index (Phi) is 8.91. The maximum Gasteiger partial charge on any atom is 0.146 e. The lowest BCUT2D eigenvalue weighted by Crippen LogP contribution is -2.16. The number of fused-ring (bicyclic) bond motifs is 2. The average molecular weight is 512 g/mol. The van der Waals surface area contributed by atoms with Gasteiger partial charge in [0.15, 0.2) is 0 Å². The molecule has 2 unspecified atom stereocenters. The van der Waals surface area contributed by atoms with Gasteiger partial charge in [-0.25, -0.2) is 0 Å². The van der Waals surface area contributed by atoms with Crippen LogP contribution in [-0.2, 0) is 0 Å². The fraction of sp³-hybridized carbons (Fsp3) is 0.600. The zero-order valence-corrected chi connectivity index (χ0v) is 22.2. The zero-order valence-electron chi connectivity index (χ0n) is 19.0. The Morgan fingerprint density at radius 1 is 0.800 bits per heavy atom. The molecule has 0 saturated heterocycles. The van der Waals surface area contributed by atoms with Crippen molar-refractivity contribution in [1.82, 2.24) is 0 Å². The molecule has 0 aliphatic heterocycles. The Balaban J connectivity index is 2.12. The molecule has 0 spiro atoms. The first kappa shape index (κ1) is 23.9. The van der Waals surface area contributed by atoms with Gasteiger partial charge in [0.05, 0.1) is 25.4 Å². The monoisotopic (exact) mass is 510 g/mol. The Labute approximate surface area is 198 Å². The van der Waals surface area contributed by atoms with Crippen LogP contribution in [0.15, 0.2) is 15.9 Å². The number of rotatable bonds is 12. The molecule has 2 nitrogen and oxygen atoms in total. The van der Waals surface area contributed by atoms with Crippen LogP contribution in [0.1, 0.15) is 83.9 Å². The molecule has 5 heteroatoms. The fourth-order valence-electron chi connectivity index (χ4n) is 3.92. The molecule has 2 heterocycles. The van der Waals surface area contributed by atoms with Crippen LogP contribution in [-0.4, -0.2) is 12.2 Å². The van der Waals surface area contributed by atoms with E-state index in [1.165, 1.54) is 50.7 Å². The highest BCUT2D eigenvalue weighted by Gasteiger charge is 2.24. The molecular formula is C25H35BrO2S2. The van der Waals surface area contributed by atoms with Gasteiger partial charge < -0.3 is 9.47 Å². The molecule has 0 fully saturated rings. The first-order valence-electron chi connectivity index (χ1n) is 11.5. The van der Waals surface area contributed by atoms with Crippen molar-refractivity contribution in [2.75, 3.05) is 0 Å². The Hall–Kier alpha value is -0.780. The number of hydrogen-bond acceptors (Lipinski definition) is 4. The lowest BCUT2D eigenvalue weighted by Gasteiger charge is -2.22. The number of aryl methyl sites for hydroxylation is 1. The predicted octanol–water partition coefficient (Wildman–Crippen LogP) is 9.88. The number of ether oxygens (including phenoxy) is 2. The molecule has 1 aromatic carbocycles. The summed E-state index contributed by atoms with van der Waals surface area (Å²) >= 11 is 7.32. The van der Waals surface area contributed by atoms with Gasteiger partial charge in [-0.05, 0) is 60.7 Å². The van der Waals surface area contributed by atoms with Crippen molar-refractivity contribution in [2.24, 2.45) is 0 Å². The molecule has 0 amide bonds. The largest absolute Gasteiger partial charge is 0.488 e. The highest BCUT2D eigenvalue weighted by atomic mass is 79.9. The summed E-state index contributed by atoms with van der Waals surface area (Å²) in [6.45, 7) is 11.1. The number of halogens is 1. The van der Waals surface area contributed by atoms with Gasteiger partial charge in [0.25, 0.3) is 0 Å². The quantitative estimate of drug-likeness (QED) is 0.241. The van der Waals surface area contributed by atoms with E-state index >= 15 is 0 Å². The van der Waals surface area contributed by atoms with E-state index < -0.39 is 0 Å². The summed E-state index contributed by atoms with van der Waals surface area (Å²) in [6, 6.07) is 4.50. The maximum atomic E-state index is 6.71. The van der Waals surface area contributed by atoms with Crippen LogP contribution in [0.4, 0.5) is 0 Å². The zero-order chi connectivity index (χ0) is 21.7. The van der Waals surface area contributed by atoms with Gasteiger partial charge >= 0.3 is 0 Å². The lowest BCUT2D eigenvalue weighted by atomic mass is 10.1. The summed E-state index contributed by atoms with van der Waals surface area (Å²) in [4.78, 5) is 1.31. The Morgan fingerprint density at radius 2 is 1.30 bits per heavy atom. The molecule has 0 bridgehead atoms. The van der Waals surface area contributed by atoms with Crippen LogP contribution in [0.5, 0.6) is 11.5 Å². The minimum atomic E-state index is 0.261. The summed E-state index contributed by atoms with van der Waals surface area (Å²) < 4.78 is 17.0. The molecule has 0 saturated carbocycles. The summed E-state index contributed by atoms with van der Waals surface area (Å²) in [5.41, 5.74) is 0. The summed E-state index contributed by atoms with van der Waals surface area (Å²) in [5, 5.41) is 2.41. The standard InChI is InChI=1S/C25H35BrO2S2/c1-6-10-12-17(8-3)27-22-19-14-16(5)29-24(19)23(20-15-21(26)30-25(20)22)28-18(9-4)13-11-7-2/h14-15,17-18H,6-13H2,1-5H3. The van der Waals surface area contributed by atoms with Crippen LogP contribution >= 0.6 is 38.6 Å². The number of thiophene rings is 2. The third-order valence-corrected chi connectivity index (χ3v) is 8.38. The van der Waals surface area contributed by atoms with Crippen molar-refractivity contribution in [2.45, 2.75) is 98.2 Å². The van der Waals surface area contributed by atoms with Gasteiger partial charge in [0.1, 0.15) is 11.5 Å². The van der Waals surface area contributed by atoms with Crippen molar-refractivity contribution < 1.29 is 9.47 Å². The van der Waals surface area contributed by atoms with Crippen LogP contribution < -0.4 is 9.47 Å². The average Bonchev–Trinajstić information content (AvgIpc) is 3.31. The van der Waals surface area contributed by atoms with Gasteiger partial charge in [-0.1, -0.05) is 53.4 Å². The second-order valence-electron chi connectivity index (χ2n) is 8.13. The first-order chi connectivity index (χ1) is 14.5. The molecule has 166 valence electrons. The smallest absolute Gasteiger partial charge is 0.146 e. The van der Waals surface area contributed by atoms with Crippen LogP contribution in [0.2, 0.25) is 0 Å². The SMILES string of the molecule is CCCCC(CC)Oc1c2cc(Br)sc2c(OC(CC)CCCC)c2cc(C)sc12. The normalized spacial score (nSPS) is 13.8. The van der Waals surface area contributed by atoms with Crippen molar-refractivity contribution in [1.29, 1.82) is 0 Å². The summed E-state index contributed by atoms with van der Waals surface area (Å²) in [5.74, 6) is 2.11. The first-order valence-corrected chi connectivity index (χ1v) is 13.9. The summed E-state index contributed by atoms with van der Waals surface area (Å²) in [7, 11) is 0. The molecule has 3 rings (SSSR count). The molecule has 0 aliphatic carbocycles. The van der Waals surface area contributed by atoms with Crippen LogP contribution in [0, 0.1) is 6.92 Å². The molecule has 0 N–H and O–H groups in total. The van der Waals surface area contributed by atoms with Gasteiger partial charge in [0.2, 0.25) is 0 Å². The summed E-state index contributed by atoms with van der Waals surface area (Å²) in [6.07, 6.45) is 9.63. The fourth-order valence-corrected chi connectivity index (χ4v) is 6.53. The lowest BCUT2D eigenvalue weighted by molar-refractivity contribution is 0.185. The van der Waals surface area contributed by atoms with E-state index in [-0.39, 0.29) is 12.2 Å². The maximum absolute atomic E-state index is 6.71. The molecular weight excluding hydrogens is 476 g/mol. The van der Waals surface area contributed by atoms with Crippen molar-refractivity contribution in [3.63, 3.8) is 0 Å². The predicted molar refractivity (Wildman–Crippen MR) is 138 cm³/mol. The van der Waals surface area contributed by atoms with E-state index in [0.29, 0.717) is 0 Å². The topological polar surface area (TPSA) is 18.5 Å². The van der Waals surface area contributed by atoms with E-state index in [2.05, 4.69) is 62.7 Å². The molecule has 30 heavy (non-hydrogen) atoms. The highest BCUT2D eigenvalue weighted by molar-refractivity contribution is 9.11. The third-order valence-electron chi connectivity index (χ3n) is 5.70. The second-order valence-corrected chi connectivity index (χ2v) is 11.8. The molecule has 0 aliphatic rings. The molecule has 0 radical (unpaired) electrons. The third kappa shape index (κ3) is 5.34. The van der Waals surface area contributed by atoms with E-state index in [1.54, 1.807) is 11.3 Å². The molecule has 2 aromatic heterocycles. The van der Waals surface area contributed by atoms with Gasteiger partial charge in [-0.3, -0.25) is 0 Å². The van der Waals surface area contributed by atoms with Crippen LogP contribution in [0.25, 0.3) is 20.2 Å². The van der Waals surface area contributed by atoms with Gasteiger partial charge in [0, 0.05) is 15.6 Å². The highest BCUT2D eigenvalue weighted by Crippen LogP contribution is 2.51. The minimum absolute atomic E-state index is 0.261. The van der Waals surface area contributed by atoms with E-state index in [0.717, 1.165) is 41.0 Å². The van der Waals surface area contributed by atoms with Crippen LogP contribution in [0.3, 0.4) is 0 Å². The van der Waals surface area contributed by atoms with Crippen molar-refractivity contribution >= 4 is 58.8 Å². The minimum Gasteiger partial charge on any atom is -0.488 e. The molecule has 2 atom stereocenters. The van der Waals surface area contributed by atoms with Crippen molar-refractivity contribution in [3.8, 4) is 11.5 Å². The number of benzene rings is 1. The van der Waals surface area contributed by atoms with E-state index in [9.17, 15) is 0 Å². The molecule has 3 aromatic rings. The Bertz CT molecular complexity index is 829. The van der Waals surface area contributed by atoms with Gasteiger partial charge in [-0.15, -0.1) is 22.7 Å². The van der Waals surface area contributed by atoms with E-state index in [1.807, 2.05) is 11.3 Å². The van der Waals surface area contributed by atoms with Gasteiger partial charge in [-0.2, -0.15) is 0 Å². The van der Waals surface area contributed by atoms with E-state index in [4.69, 9.17) is 9.47 Å². The second kappa shape index (κ2) is 11.2. The number of unbranched alkanes of at least 4 members (excludes halogenated alkanes) is 2. The van der Waals surface area contributed by atoms with Crippen molar-refractivity contribution in [3.05, 3.63) is 20.8 Å².